The number of alkyl halides is 3. The van der Waals surface area contributed by atoms with Crippen molar-refractivity contribution in [2.45, 2.75) is 12.6 Å². The van der Waals surface area contributed by atoms with Gasteiger partial charge in [0, 0.05) is 18.9 Å². The molecule has 116 valence electrons. The number of ether oxygens (including phenoxy) is 1. The normalized spacial score (nSPS) is 11.1. The Bertz CT molecular complexity index is 523. The van der Waals surface area contributed by atoms with Gasteiger partial charge in [-0.05, 0) is 6.07 Å². The zero-order valence-corrected chi connectivity index (χ0v) is 11.7. The molecule has 1 rings (SSSR count). The second kappa shape index (κ2) is 7.26. The van der Waals surface area contributed by atoms with Crippen LogP contribution in [0.4, 0.5) is 13.2 Å². The van der Waals surface area contributed by atoms with Crippen LogP contribution in [0.2, 0.25) is 5.02 Å². The maximum absolute atomic E-state index is 12.5. The van der Waals surface area contributed by atoms with Gasteiger partial charge in [0.25, 0.3) is 5.91 Å². The quantitative estimate of drug-likeness (QED) is 0.780. The summed E-state index contributed by atoms with van der Waals surface area (Å²) in [6, 6.07) is 1.29. The molecular weight excluding hydrogens is 313 g/mol. The number of pyridine rings is 1. The molecule has 1 amide bonds. The zero-order chi connectivity index (χ0) is 16.0. The lowest BCUT2D eigenvalue weighted by Gasteiger charge is -2.23. The van der Waals surface area contributed by atoms with Gasteiger partial charge in [-0.25, -0.2) is 0 Å². The van der Waals surface area contributed by atoms with Crippen molar-refractivity contribution in [2.24, 2.45) is 0 Å². The molecule has 0 atom stereocenters. The number of carbonyl (C=O) groups is 2. The topological polar surface area (TPSA) is 59.5 Å². The van der Waals surface area contributed by atoms with Crippen LogP contribution in [0, 0.1) is 0 Å². The van der Waals surface area contributed by atoms with Crippen molar-refractivity contribution in [3.05, 3.63) is 29.0 Å². The van der Waals surface area contributed by atoms with Gasteiger partial charge in [0.1, 0.15) is 6.54 Å². The summed E-state index contributed by atoms with van der Waals surface area (Å²) in [7, 11) is 1.11. The molecular formula is C12H12ClF3N2O3. The number of aromatic nitrogens is 1. The van der Waals surface area contributed by atoms with Crippen molar-refractivity contribution in [3.8, 4) is 0 Å². The molecule has 0 aliphatic carbocycles. The Morgan fingerprint density at radius 3 is 2.62 bits per heavy atom. The van der Waals surface area contributed by atoms with Crippen LogP contribution in [0.15, 0.2) is 18.5 Å². The lowest BCUT2D eigenvalue weighted by Crippen LogP contribution is -2.40. The van der Waals surface area contributed by atoms with Crippen LogP contribution in [-0.2, 0) is 9.53 Å². The van der Waals surface area contributed by atoms with Gasteiger partial charge < -0.3 is 9.64 Å². The third kappa shape index (κ3) is 5.58. The van der Waals surface area contributed by atoms with Crippen molar-refractivity contribution in [2.75, 3.05) is 20.2 Å². The second-order valence-corrected chi connectivity index (χ2v) is 4.43. The predicted molar refractivity (Wildman–Crippen MR) is 67.8 cm³/mol. The van der Waals surface area contributed by atoms with E-state index in [1.54, 1.807) is 0 Å². The fourth-order valence-corrected chi connectivity index (χ4v) is 1.69. The van der Waals surface area contributed by atoms with E-state index < -0.39 is 31.1 Å². The van der Waals surface area contributed by atoms with Crippen molar-refractivity contribution in [3.63, 3.8) is 0 Å². The van der Waals surface area contributed by atoms with Crippen LogP contribution in [0.1, 0.15) is 16.8 Å². The lowest BCUT2D eigenvalue weighted by atomic mass is 10.2. The van der Waals surface area contributed by atoms with E-state index >= 15 is 0 Å². The number of methoxy groups -OCH3 is 1. The number of carbonyl (C=O) groups excluding carboxylic acids is 2. The van der Waals surface area contributed by atoms with Gasteiger partial charge >= 0.3 is 12.1 Å². The summed E-state index contributed by atoms with van der Waals surface area (Å²) in [4.78, 5) is 27.3. The Hall–Kier alpha value is -1.83. The molecule has 0 saturated carbocycles. The molecule has 21 heavy (non-hydrogen) atoms. The Kier molecular flexibility index (Phi) is 5.95. The maximum atomic E-state index is 12.5. The first-order valence-corrected chi connectivity index (χ1v) is 6.14. The minimum absolute atomic E-state index is 0.0137. The summed E-state index contributed by atoms with van der Waals surface area (Å²) in [6.07, 6.45) is -2.56. The van der Waals surface area contributed by atoms with Crippen LogP contribution >= 0.6 is 11.6 Å². The minimum Gasteiger partial charge on any atom is -0.469 e. The first-order valence-electron chi connectivity index (χ1n) is 5.77. The van der Waals surface area contributed by atoms with Crippen LogP contribution < -0.4 is 0 Å². The molecule has 0 spiro atoms. The number of amides is 1. The molecule has 0 unspecified atom stereocenters. The Morgan fingerprint density at radius 1 is 1.43 bits per heavy atom. The van der Waals surface area contributed by atoms with E-state index in [-0.39, 0.29) is 17.0 Å². The van der Waals surface area contributed by atoms with E-state index in [1.165, 1.54) is 12.3 Å². The Morgan fingerprint density at radius 2 is 2.10 bits per heavy atom. The predicted octanol–water partition coefficient (Wildman–Crippen LogP) is 2.30. The average molecular weight is 325 g/mol. The maximum Gasteiger partial charge on any atom is 0.406 e. The molecule has 1 aromatic rings. The SMILES string of the molecule is COC(=O)CCN(CC(F)(F)F)C(=O)c1cnccc1Cl. The monoisotopic (exact) mass is 324 g/mol. The molecule has 0 radical (unpaired) electrons. The summed E-state index contributed by atoms with van der Waals surface area (Å²) < 4.78 is 41.9. The smallest absolute Gasteiger partial charge is 0.406 e. The summed E-state index contributed by atoms with van der Waals surface area (Å²) >= 11 is 5.76. The van der Waals surface area contributed by atoms with E-state index in [4.69, 9.17) is 11.6 Å². The number of hydrogen-bond acceptors (Lipinski definition) is 4. The number of nitrogens with zero attached hydrogens (tertiary/aromatic N) is 2. The van der Waals surface area contributed by atoms with E-state index in [9.17, 15) is 22.8 Å². The molecule has 0 bridgehead atoms. The van der Waals surface area contributed by atoms with Gasteiger partial charge in [-0.2, -0.15) is 13.2 Å². The molecule has 1 aromatic heterocycles. The van der Waals surface area contributed by atoms with Gasteiger partial charge in [0.05, 0.1) is 24.1 Å². The molecule has 9 heteroatoms. The second-order valence-electron chi connectivity index (χ2n) is 4.02. The molecule has 0 aliphatic heterocycles. The van der Waals surface area contributed by atoms with Crippen LogP contribution in [-0.4, -0.2) is 48.1 Å². The number of esters is 1. The van der Waals surface area contributed by atoms with Crippen LogP contribution in [0.3, 0.4) is 0 Å². The Balaban J connectivity index is 2.92. The highest BCUT2D eigenvalue weighted by molar-refractivity contribution is 6.33. The van der Waals surface area contributed by atoms with Crippen LogP contribution in [0.25, 0.3) is 0 Å². The van der Waals surface area contributed by atoms with Crippen molar-refractivity contribution >= 4 is 23.5 Å². The third-order valence-electron chi connectivity index (χ3n) is 2.47. The van der Waals surface area contributed by atoms with E-state index in [1.807, 2.05) is 0 Å². The summed E-state index contributed by atoms with van der Waals surface area (Å²) in [5.74, 6) is -1.67. The van der Waals surface area contributed by atoms with Gasteiger partial charge in [-0.15, -0.1) is 0 Å². The highest BCUT2D eigenvalue weighted by atomic mass is 35.5. The fraction of sp³-hybridized carbons (Fsp3) is 0.417. The van der Waals surface area contributed by atoms with Gasteiger partial charge in [0.2, 0.25) is 0 Å². The van der Waals surface area contributed by atoms with Crippen molar-refractivity contribution in [1.29, 1.82) is 0 Å². The van der Waals surface area contributed by atoms with Crippen LogP contribution in [0.5, 0.6) is 0 Å². The fourth-order valence-electron chi connectivity index (χ4n) is 1.50. The third-order valence-corrected chi connectivity index (χ3v) is 2.80. The molecule has 0 saturated heterocycles. The van der Waals surface area contributed by atoms with Gasteiger partial charge in [0.15, 0.2) is 0 Å². The molecule has 0 aromatic carbocycles. The Labute approximate surface area is 123 Å². The average Bonchev–Trinajstić information content (AvgIpc) is 2.41. The first kappa shape index (κ1) is 17.2. The molecule has 0 aliphatic rings. The highest BCUT2D eigenvalue weighted by Crippen LogP contribution is 2.21. The number of halogens is 4. The van der Waals surface area contributed by atoms with Gasteiger partial charge in [-0.1, -0.05) is 11.6 Å². The molecule has 1 heterocycles. The van der Waals surface area contributed by atoms with E-state index in [0.29, 0.717) is 4.90 Å². The van der Waals surface area contributed by atoms with E-state index in [0.717, 1.165) is 13.3 Å². The first-order chi connectivity index (χ1) is 9.74. The standard InChI is InChI=1S/C12H12ClF3N2O3/c1-21-10(19)3-5-18(7-12(14,15)16)11(20)8-6-17-4-2-9(8)13/h2,4,6H,3,5,7H2,1H3. The van der Waals surface area contributed by atoms with Gasteiger partial charge in [-0.3, -0.25) is 14.6 Å². The van der Waals surface area contributed by atoms with Crippen molar-refractivity contribution in [1.82, 2.24) is 9.88 Å². The zero-order valence-electron chi connectivity index (χ0n) is 11.0. The van der Waals surface area contributed by atoms with Crippen molar-refractivity contribution < 1.29 is 27.5 Å². The number of rotatable bonds is 5. The largest absolute Gasteiger partial charge is 0.469 e. The van der Waals surface area contributed by atoms with E-state index in [2.05, 4.69) is 9.72 Å². The summed E-state index contributed by atoms with van der Waals surface area (Å²) in [5, 5.41) is -0.0137. The minimum atomic E-state index is -4.60. The molecule has 0 N–H and O–H groups in total. The molecule has 0 fully saturated rings. The number of hydrogen-bond donors (Lipinski definition) is 0. The lowest BCUT2D eigenvalue weighted by molar-refractivity contribution is -0.147. The highest BCUT2D eigenvalue weighted by Gasteiger charge is 2.34. The summed E-state index contributed by atoms with van der Waals surface area (Å²) in [6.45, 7) is -1.93. The molecule has 5 nitrogen and oxygen atoms in total. The summed E-state index contributed by atoms with van der Waals surface area (Å²) in [5.41, 5.74) is -0.159.